The Bertz CT molecular complexity index is 299. The standard InChI is InChI=1S/C14H22O2/c1-5-9-15-13-11(3)7-8-12(4)14(13)16-10-6-2/h7-8H,5-6,9-10H2,1-4H3. The Kier molecular flexibility index (Phi) is 5.17. The minimum atomic E-state index is 0.743. The molecule has 0 aliphatic heterocycles. The zero-order valence-electron chi connectivity index (χ0n) is 10.8. The second kappa shape index (κ2) is 6.41. The van der Waals surface area contributed by atoms with Gasteiger partial charge in [-0.05, 0) is 37.8 Å². The van der Waals surface area contributed by atoms with E-state index in [0.717, 1.165) is 48.7 Å². The second-order valence-electron chi connectivity index (χ2n) is 4.05. The van der Waals surface area contributed by atoms with Crippen LogP contribution in [0.3, 0.4) is 0 Å². The molecule has 16 heavy (non-hydrogen) atoms. The van der Waals surface area contributed by atoms with Crippen LogP contribution < -0.4 is 9.47 Å². The molecule has 0 saturated heterocycles. The molecule has 0 aliphatic carbocycles. The number of ether oxygens (including phenoxy) is 2. The fourth-order valence-electron chi connectivity index (χ4n) is 1.53. The van der Waals surface area contributed by atoms with Crippen LogP contribution in [0.2, 0.25) is 0 Å². The van der Waals surface area contributed by atoms with Gasteiger partial charge < -0.3 is 9.47 Å². The minimum absolute atomic E-state index is 0.743. The van der Waals surface area contributed by atoms with E-state index in [-0.39, 0.29) is 0 Å². The predicted molar refractivity (Wildman–Crippen MR) is 67.5 cm³/mol. The Labute approximate surface area is 98.6 Å². The van der Waals surface area contributed by atoms with Crippen molar-refractivity contribution in [2.75, 3.05) is 13.2 Å². The van der Waals surface area contributed by atoms with Crippen LogP contribution in [0.4, 0.5) is 0 Å². The van der Waals surface area contributed by atoms with Gasteiger partial charge in [-0.15, -0.1) is 0 Å². The molecule has 0 heterocycles. The summed E-state index contributed by atoms with van der Waals surface area (Å²) in [6.07, 6.45) is 2.03. The lowest BCUT2D eigenvalue weighted by atomic mass is 10.1. The van der Waals surface area contributed by atoms with Gasteiger partial charge in [0.25, 0.3) is 0 Å². The topological polar surface area (TPSA) is 18.5 Å². The fraction of sp³-hybridized carbons (Fsp3) is 0.571. The second-order valence-corrected chi connectivity index (χ2v) is 4.05. The maximum Gasteiger partial charge on any atom is 0.164 e. The van der Waals surface area contributed by atoms with Gasteiger partial charge in [0, 0.05) is 0 Å². The van der Waals surface area contributed by atoms with Crippen LogP contribution in [0.1, 0.15) is 37.8 Å². The van der Waals surface area contributed by atoms with Crippen LogP contribution >= 0.6 is 0 Å². The van der Waals surface area contributed by atoms with E-state index in [4.69, 9.17) is 9.47 Å². The lowest BCUT2D eigenvalue weighted by Gasteiger charge is -2.16. The van der Waals surface area contributed by atoms with Crippen LogP contribution in [0.5, 0.6) is 11.5 Å². The van der Waals surface area contributed by atoms with Gasteiger partial charge >= 0.3 is 0 Å². The molecule has 0 N–H and O–H groups in total. The van der Waals surface area contributed by atoms with Crippen molar-refractivity contribution in [2.45, 2.75) is 40.5 Å². The normalized spacial score (nSPS) is 10.2. The van der Waals surface area contributed by atoms with Crippen LogP contribution in [-0.2, 0) is 0 Å². The van der Waals surface area contributed by atoms with Crippen molar-refractivity contribution in [2.24, 2.45) is 0 Å². The summed E-state index contributed by atoms with van der Waals surface area (Å²) in [5, 5.41) is 0. The molecule has 0 atom stereocenters. The molecule has 0 aliphatic rings. The molecular weight excluding hydrogens is 200 g/mol. The largest absolute Gasteiger partial charge is 0.489 e. The average molecular weight is 222 g/mol. The maximum atomic E-state index is 5.77. The van der Waals surface area contributed by atoms with Crippen molar-refractivity contribution in [3.8, 4) is 11.5 Å². The SMILES string of the molecule is CCCOc1c(C)ccc(C)c1OCCC. The van der Waals surface area contributed by atoms with Crippen molar-refractivity contribution in [1.29, 1.82) is 0 Å². The molecule has 0 radical (unpaired) electrons. The fourth-order valence-corrected chi connectivity index (χ4v) is 1.53. The van der Waals surface area contributed by atoms with E-state index < -0.39 is 0 Å². The van der Waals surface area contributed by atoms with Crippen LogP contribution in [0, 0.1) is 13.8 Å². The molecule has 0 fully saturated rings. The number of benzene rings is 1. The Morgan fingerprint density at radius 1 is 0.812 bits per heavy atom. The molecule has 0 amide bonds. The average Bonchev–Trinajstić information content (AvgIpc) is 2.29. The van der Waals surface area contributed by atoms with Gasteiger partial charge in [-0.2, -0.15) is 0 Å². The summed E-state index contributed by atoms with van der Waals surface area (Å²) in [7, 11) is 0. The Balaban J connectivity index is 2.94. The number of hydrogen-bond donors (Lipinski definition) is 0. The number of rotatable bonds is 6. The third kappa shape index (κ3) is 3.16. The van der Waals surface area contributed by atoms with Crippen molar-refractivity contribution < 1.29 is 9.47 Å². The molecule has 0 bridgehead atoms. The van der Waals surface area contributed by atoms with Gasteiger partial charge in [0.05, 0.1) is 13.2 Å². The molecule has 2 heteroatoms. The summed E-state index contributed by atoms with van der Waals surface area (Å²) in [6, 6.07) is 4.16. The lowest BCUT2D eigenvalue weighted by molar-refractivity contribution is 0.265. The van der Waals surface area contributed by atoms with Crippen molar-refractivity contribution >= 4 is 0 Å². The third-order valence-electron chi connectivity index (χ3n) is 2.41. The van der Waals surface area contributed by atoms with Crippen molar-refractivity contribution in [3.05, 3.63) is 23.3 Å². The van der Waals surface area contributed by atoms with E-state index in [1.54, 1.807) is 0 Å². The summed E-state index contributed by atoms with van der Waals surface area (Å²) in [6.45, 7) is 9.82. The molecule has 0 spiro atoms. The predicted octanol–water partition coefficient (Wildman–Crippen LogP) is 3.88. The van der Waals surface area contributed by atoms with Crippen LogP contribution in [0.15, 0.2) is 12.1 Å². The van der Waals surface area contributed by atoms with Crippen molar-refractivity contribution in [3.63, 3.8) is 0 Å². The number of aryl methyl sites for hydroxylation is 2. The Hall–Kier alpha value is -1.18. The van der Waals surface area contributed by atoms with E-state index in [1.807, 2.05) is 0 Å². The van der Waals surface area contributed by atoms with E-state index in [0.29, 0.717) is 0 Å². The molecule has 0 unspecified atom stereocenters. The van der Waals surface area contributed by atoms with Gasteiger partial charge in [0.2, 0.25) is 0 Å². The lowest BCUT2D eigenvalue weighted by Crippen LogP contribution is -2.04. The van der Waals surface area contributed by atoms with Gasteiger partial charge in [0.1, 0.15) is 0 Å². The third-order valence-corrected chi connectivity index (χ3v) is 2.41. The molecule has 0 saturated carbocycles. The Morgan fingerprint density at radius 3 is 1.50 bits per heavy atom. The first-order valence-electron chi connectivity index (χ1n) is 6.06. The monoisotopic (exact) mass is 222 g/mol. The molecular formula is C14H22O2. The molecule has 0 aromatic heterocycles. The first-order chi connectivity index (χ1) is 7.70. The summed E-state index contributed by atoms with van der Waals surface area (Å²) in [4.78, 5) is 0. The van der Waals surface area contributed by atoms with Gasteiger partial charge in [0.15, 0.2) is 11.5 Å². The van der Waals surface area contributed by atoms with E-state index in [2.05, 4.69) is 39.8 Å². The number of hydrogen-bond acceptors (Lipinski definition) is 2. The van der Waals surface area contributed by atoms with Crippen LogP contribution in [-0.4, -0.2) is 13.2 Å². The highest BCUT2D eigenvalue weighted by atomic mass is 16.5. The Morgan fingerprint density at radius 2 is 1.19 bits per heavy atom. The van der Waals surface area contributed by atoms with E-state index in [9.17, 15) is 0 Å². The van der Waals surface area contributed by atoms with Gasteiger partial charge in [-0.25, -0.2) is 0 Å². The molecule has 90 valence electrons. The summed E-state index contributed by atoms with van der Waals surface area (Å²) in [5.74, 6) is 1.82. The van der Waals surface area contributed by atoms with Gasteiger partial charge in [-0.1, -0.05) is 26.0 Å². The highest BCUT2D eigenvalue weighted by Gasteiger charge is 2.11. The van der Waals surface area contributed by atoms with Crippen molar-refractivity contribution in [1.82, 2.24) is 0 Å². The van der Waals surface area contributed by atoms with E-state index >= 15 is 0 Å². The summed E-state index contributed by atoms with van der Waals surface area (Å²) in [5.41, 5.74) is 2.29. The first-order valence-corrected chi connectivity index (χ1v) is 6.06. The molecule has 1 rings (SSSR count). The quantitative estimate of drug-likeness (QED) is 0.727. The van der Waals surface area contributed by atoms with Gasteiger partial charge in [-0.3, -0.25) is 0 Å². The summed E-state index contributed by atoms with van der Waals surface area (Å²) < 4.78 is 11.5. The highest BCUT2D eigenvalue weighted by molar-refractivity contribution is 5.51. The smallest absolute Gasteiger partial charge is 0.164 e. The van der Waals surface area contributed by atoms with Crippen LogP contribution in [0.25, 0.3) is 0 Å². The molecule has 1 aromatic rings. The maximum absolute atomic E-state index is 5.77. The van der Waals surface area contributed by atoms with E-state index in [1.165, 1.54) is 0 Å². The molecule has 2 nitrogen and oxygen atoms in total. The first kappa shape index (κ1) is 12.9. The minimum Gasteiger partial charge on any atom is -0.489 e. The zero-order chi connectivity index (χ0) is 12.0. The zero-order valence-corrected chi connectivity index (χ0v) is 10.8. The highest BCUT2D eigenvalue weighted by Crippen LogP contribution is 2.34. The summed E-state index contributed by atoms with van der Waals surface area (Å²) >= 11 is 0. The molecule has 1 aromatic carbocycles.